The number of allylic oxidation sites excluding steroid dienone is 3. The van der Waals surface area contributed by atoms with Gasteiger partial charge in [0.1, 0.15) is 23.5 Å². The summed E-state index contributed by atoms with van der Waals surface area (Å²) < 4.78 is 12.1. The Kier molecular flexibility index (Phi) is 8.23. The highest BCUT2D eigenvalue weighted by molar-refractivity contribution is 9.09. The molecule has 2 aromatic carbocycles. The van der Waals surface area contributed by atoms with E-state index in [1.165, 1.54) is 12.1 Å². The van der Waals surface area contributed by atoms with Gasteiger partial charge in [0.15, 0.2) is 12.1 Å². The molecule has 2 unspecified atom stereocenters. The first-order valence-electron chi connectivity index (χ1n) is 12.7. The third kappa shape index (κ3) is 5.68. The molecule has 0 amide bonds. The lowest BCUT2D eigenvalue weighted by molar-refractivity contribution is 0.0777. The van der Waals surface area contributed by atoms with Crippen LogP contribution in [0.4, 0.5) is 0 Å². The molecule has 1 aliphatic heterocycles. The summed E-state index contributed by atoms with van der Waals surface area (Å²) >= 11 is 10.3. The van der Waals surface area contributed by atoms with E-state index in [2.05, 4.69) is 45.0 Å². The van der Waals surface area contributed by atoms with Crippen molar-refractivity contribution in [2.24, 2.45) is 0 Å². The van der Waals surface area contributed by atoms with Crippen LogP contribution in [-0.4, -0.2) is 62.2 Å². The van der Waals surface area contributed by atoms with Gasteiger partial charge >= 0.3 is 0 Å². The number of nitrogens with zero attached hydrogens (tertiary/aromatic N) is 3. The molecule has 2 aliphatic rings. The van der Waals surface area contributed by atoms with Crippen molar-refractivity contribution in [3.8, 4) is 11.5 Å². The number of halogens is 2. The van der Waals surface area contributed by atoms with Crippen LogP contribution in [0.3, 0.4) is 0 Å². The van der Waals surface area contributed by atoms with Gasteiger partial charge in [-0.05, 0) is 42.5 Å². The number of aromatic hydroxyl groups is 1. The number of carbonyl (C=O) groups is 1. The largest absolute Gasteiger partial charge is 0.507 e. The van der Waals surface area contributed by atoms with E-state index >= 15 is 0 Å². The molecule has 1 aliphatic carbocycles. The molecular weight excluding hydrogens is 586 g/mol. The van der Waals surface area contributed by atoms with E-state index in [1.54, 1.807) is 0 Å². The number of aliphatic hydroxyl groups excluding tert-OH is 1. The number of alkyl halides is 1. The van der Waals surface area contributed by atoms with Gasteiger partial charge in [0.2, 0.25) is 5.89 Å². The molecule has 0 radical (unpaired) electrons. The maximum atomic E-state index is 11.2. The number of aldehydes is 1. The maximum absolute atomic E-state index is 11.2. The second-order valence-electron chi connectivity index (χ2n) is 9.97. The van der Waals surface area contributed by atoms with Crippen LogP contribution < -0.4 is 4.74 Å². The SMILES string of the molecule is Cc1ccccc1C1=CC=CC(COc2cc(O)c(C=O)cc2Cl)(c2nc(CN3CCC(O)CC3)no2)C1Br. The minimum Gasteiger partial charge on any atom is -0.507 e. The number of phenolic OH excluding ortho intramolecular Hbond substituents is 1. The van der Waals surface area contributed by atoms with Crippen molar-refractivity contribution in [1.82, 2.24) is 15.0 Å². The molecule has 0 saturated carbocycles. The predicted octanol–water partition coefficient (Wildman–Crippen LogP) is 5.24. The highest BCUT2D eigenvalue weighted by atomic mass is 79.9. The zero-order chi connectivity index (χ0) is 27.6. The van der Waals surface area contributed by atoms with Crippen LogP contribution in [0.2, 0.25) is 5.02 Å². The van der Waals surface area contributed by atoms with Crippen LogP contribution in [0, 0.1) is 6.92 Å². The third-order valence-corrected chi connectivity index (χ3v) is 8.92. The van der Waals surface area contributed by atoms with Gasteiger partial charge in [-0.1, -0.05) is 75.2 Å². The predicted molar refractivity (Wildman–Crippen MR) is 152 cm³/mol. The molecular formula is C29H29BrClN3O5. The summed E-state index contributed by atoms with van der Waals surface area (Å²) in [6.45, 7) is 4.15. The Morgan fingerprint density at radius 1 is 1.28 bits per heavy atom. The average molecular weight is 615 g/mol. The Morgan fingerprint density at radius 3 is 2.79 bits per heavy atom. The number of carbonyl (C=O) groups excluding carboxylic acids is 1. The van der Waals surface area contributed by atoms with E-state index in [0.29, 0.717) is 24.5 Å². The van der Waals surface area contributed by atoms with E-state index in [1.807, 2.05) is 30.4 Å². The summed E-state index contributed by atoms with van der Waals surface area (Å²) in [6.07, 6.45) is 7.68. The number of rotatable bonds is 8. The van der Waals surface area contributed by atoms with Crippen molar-refractivity contribution in [3.63, 3.8) is 0 Å². The van der Waals surface area contributed by atoms with Gasteiger partial charge in [0.25, 0.3) is 0 Å². The van der Waals surface area contributed by atoms with Gasteiger partial charge in [-0.3, -0.25) is 9.69 Å². The fourth-order valence-electron chi connectivity index (χ4n) is 5.00. The van der Waals surface area contributed by atoms with E-state index < -0.39 is 5.41 Å². The van der Waals surface area contributed by atoms with Crippen molar-refractivity contribution in [2.75, 3.05) is 19.7 Å². The van der Waals surface area contributed by atoms with Crippen LogP contribution in [0.25, 0.3) is 5.57 Å². The lowest BCUT2D eigenvalue weighted by atomic mass is 9.76. The Bertz CT molecular complexity index is 1420. The minimum absolute atomic E-state index is 0.0553. The zero-order valence-corrected chi connectivity index (χ0v) is 23.7. The molecule has 10 heteroatoms. The van der Waals surface area contributed by atoms with Crippen molar-refractivity contribution >= 4 is 39.4 Å². The number of aromatic nitrogens is 2. The van der Waals surface area contributed by atoms with Crippen molar-refractivity contribution in [3.05, 3.63) is 88.1 Å². The van der Waals surface area contributed by atoms with Gasteiger partial charge in [0.05, 0.1) is 28.1 Å². The first-order valence-corrected chi connectivity index (χ1v) is 14.0. The van der Waals surface area contributed by atoms with Crippen molar-refractivity contribution in [1.29, 1.82) is 0 Å². The molecule has 1 saturated heterocycles. The molecule has 5 rings (SSSR count). The van der Waals surface area contributed by atoms with Crippen molar-refractivity contribution in [2.45, 2.75) is 42.7 Å². The minimum atomic E-state index is -0.919. The molecule has 39 heavy (non-hydrogen) atoms. The topological polar surface area (TPSA) is 109 Å². The molecule has 204 valence electrons. The number of aliphatic hydroxyl groups is 1. The molecule has 1 aromatic heterocycles. The summed E-state index contributed by atoms with van der Waals surface area (Å²) in [5.74, 6) is 0.926. The highest BCUT2D eigenvalue weighted by Crippen LogP contribution is 2.45. The molecule has 2 N–H and O–H groups in total. The van der Waals surface area contributed by atoms with Gasteiger partial charge < -0.3 is 19.5 Å². The number of hydrogen-bond donors (Lipinski definition) is 2. The first-order chi connectivity index (χ1) is 18.8. The molecule has 3 aromatic rings. The number of phenols is 1. The fourth-order valence-corrected chi connectivity index (χ4v) is 6.11. The van der Waals surface area contributed by atoms with E-state index in [4.69, 9.17) is 25.8 Å². The summed E-state index contributed by atoms with van der Waals surface area (Å²) in [6, 6.07) is 10.8. The Balaban J connectivity index is 1.48. The highest BCUT2D eigenvalue weighted by Gasteiger charge is 2.47. The molecule has 2 atom stereocenters. The quantitative estimate of drug-likeness (QED) is 0.262. The average Bonchev–Trinajstić information content (AvgIpc) is 3.40. The van der Waals surface area contributed by atoms with E-state index in [-0.39, 0.29) is 39.6 Å². The van der Waals surface area contributed by atoms with Gasteiger partial charge in [-0.25, -0.2) is 0 Å². The molecule has 1 fully saturated rings. The molecule has 8 nitrogen and oxygen atoms in total. The molecule has 0 bridgehead atoms. The van der Waals surface area contributed by atoms with Crippen LogP contribution in [0.1, 0.15) is 46.0 Å². The summed E-state index contributed by atoms with van der Waals surface area (Å²) in [4.78, 5) is 17.9. The van der Waals surface area contributed by atoms with Crippen LogP contribution in [0.15, 0.2) is 59.1 Å². The van der Waals surface area contributed by atoms with Gasteiger partial charge in [-0.15, -0.1) is 0 Å². The zero-order valence-electron chi connectivity index (χ0n) is 21.4. The fraction of sp³-hybridized carbons (Fsp3) is 0.345. The Morgan fingerprint density at radius 2 is 2.05 bits per heavy atom. The van der Waals surface area contributed by atoms with Crippen LogP contribution in [-0.2, 0) is 12.0 Å². The van der Waals surface area contributed by atoms with Gasteiger partial charge in [0, 0.05) is 19.2 Å². The van der Waals surface area contributed by atoms with Crippen LogP contribution >= 0.6 is 27.5 Å². The van der Waals surface area contributed by atoms with Crippen molar-refractivity contribution < 1.29 is 24.3 Å². The summed E-state index contributed by atoms with van der Waals surface area (Å²) in [5.41, 5.74) is 2.38. The second kappa shape index (κ2) is 11.6. The lowest BCUT2D eigenvalue weighted by Crippen LogP contribution is -2.42. The smallest absolute Gasteiger partial charge is 0.241 e. The number of benzene rings is 2. The second-order valence-corrected chi connectivity index (χ2v) is 11.3. The van der Waals surface area contributed by atoms with Crippen LogP contribution in [0.5, 0.6) is 11.5 Å². The monoisotopic (exact) mass is 613 g/mol. The molecule has 0 spiro atoms. The number of ether oxygens (including phenoxy) is 1. The normalized spacial score (nSPS) is 22.1. The third-order valence-electron chi connectivity index (χ3n) is 7.31. The maximum Gasteiger partial charge on any atom is 0.241 e. The number of hydrogen-bond acceptors (Lipinski definition) is 8. The summed E-state index contributed by atoms with van der Waals surface area (Å²) in [7, 11) is 0. The Labute approximate surface area is 240 Å². The Hall–Kier alpha value is -2.98. The first kappa shape index (κ1) is 27.6. The summed E-state index contributed by atoms with van der Waals surface area (Å²) in [5, 5.41) is 24.5. The molecule has 2 heterocycles. The van der Waals surface area contributed by atoms with E-state index in [0.717, 1.165) is 42.6 Å². The lowest BCUT2D eigenvalue weighted by Gasteiger charge is -2.36. The number of likely N-dealkylation sites (tertiary alicyclic amines) is 1. The van der Waals surface area contributed by atoms with E-state index in [9.17, 15) is 15.0 Å². The standard InChI is InChI=1S/C29H29BrClN3O5/c1-18-5-2-3-6-21(18)22-7-4-10-29(27(22)30,17-38-25-14-24(37)19(16-35)13-23(25)31)28-32-26(33-39-28)15-34-11-8-20(36)9-12-34/h2-7,10,13-14,16,20,27,36-37H,8-9,11-12,15,17H2,1H3. The number of piperidine rings is 1. The number of aryl methyl sites for hydroxylation is 1. The van der Waals surface area contributed by atoms with Gasteiger partial charge in [-0.2, -0.15) is 4.98 Å².